The zero-order valence-electron chi connectivity index (χ0n) is 21.2. The van der Waals surface area contributed by atoms with Crippen LogP contribution in [0.3, 0.4) is 0 Å². The molecule has 1 atom stereocenters. The van der Waals surface area contributed by atoms with E-state index in [9.17, 15) is 26.4 Å². The monoisotopic (exact) mass is 571 g/mol. The zero-order valence-corrected chi connectivity index (χ0v) is 22.0. The van der Waals surface area contributed by atoms with Crippen molar-refractivity contribution in [2.45, 2.75) is 29.8 Å². The largest absolute Gasteiger partial charge is 0.346 e. The molecule has 208 valence electrons. The van der Waals surface area contributed by atoms with E-state index in [1.165, 1.54) is 11.1 Å². The van der Waals surface area contributed by atoms with Crippen molar-refractivity contribution >= 4 is 32.6 Å². The summed E-state index contributed by atoms with van der Waals surface area (Å²) in [4.78, 5) is 31.2. The highest BCUT2D eigenvalue weighted by Crippen LogP contribution is 2.29. The third-order valence-corrected chi connectivity index (χ3v) is 7.56. The number of alkyl halides is 2. The van der Waals surface area contributed by atoms with Crippen LogP contribution in [-0.4, -0.2) is 65.6 Å². The molecule has 4 aromatic rings. The fraction of sp³-hybridized carbons (Fsp3) is 0.269. The number of halogens is 3. The van der Waals surface area contributed by atoms with Gasteiger partial charge in [-0.15, -0.1) is 0 Å². The van der Waals surface area contributed by atoms with Crippen LogP contribution in [0.1, 0.15) is 22.5 Å². The molecular weight excluding hydrogens is 547 g/mol. The van der Waals surface area contributed by atoms with Crippen molar-refractivity contribution in [1.29, 1.82) is 0 Å². The van der Waals surface area contributed by atoms with Crippen molar-refractivity contribution in [3.05, 3.63) is 71.9 Å². The number of pyridine rings is 2. The SMILES string of the molecule is CS(=O)(=O)c1cc(F)cc(C(=O)NCc2cc3nc(-c4ccnc(N5CC[C@H](N)C(F)(F)C5)n4)ccc3cn2)c1. The van der Waals surface area contributed by atoms with E-state index in [1.54, 1.807) is 30.5 Å². The Bertz CT molecular complexity index is 1720. The molecule has 40 heavy (non-hydrogen) atoms. The van der Waals surface area contributed by atoms with E-state index < -0.39 is 40.1 Å². The smallest absolute Gasteiger partial charge is 0.280 e. The Balaban J connectivity index is 1.34. The number of carbonyl (C=O) groups is 1. The second-order valence-corrected chi connectivity index (χ2v) is 11.5. The Hall–Kier alpha value is -4.17. The molecule has 0 unspecified atom stereocenters. The van der Waals surface area contributed by atoms with Gasteiger partial charge in [0.05, 0.1) is 46.6 Å². The first-order chi connectivity index (χ1) is 18.9. The van der Waals surface area contributed by atoms with Gasteiger partial charge in [0, 0.05) is 36.1 Å². The quantitative estimate of drug-likeness (QED) is 0.357. The molecule has 1 saturated heterocycles. The van der Waals surface area contributed by atoms with E-state index in [1.807, 2.05) is 0 Å². The Labute approximate surface area is 227 Å². The summed E-state index contributed by atoms with van der Waals surface area (Å²) in [6, 6.07) is 8.47. The summed E-state index contributed by atoms with van der Waals surface area (Å²) in [6.45, 7) is -0.305. The van der Waals surface area contributed by atoms with Crippen LogP contribution in [0.5, 0.6) is 0 Å². The molecule has 0 radical (unpaired) electrons. The van der Waals surface area contributed by atoms with Crippen molar-refractivity contribution in [2.75, 3.05) is 24.2 Å². The number of fused-ring (bicyclic) bond motifs is 1. The number of nitrogens with zero attached hydrogens (tertiary/aromatic N) is 5. The number of nitrogens with one attached hydrogen (secondary N) is 1. The molecule has 1 fully saturated rings. The second kappa shape index (κ2) is 10.4. The predicted octanol–water partition coefficient (Wildman–Crippen LogP) is 2.73. The summed E-state index contributed by atoms with van der Waals surface area (Å²) in [6.07, 6.45) is 4.08. The number of hydrogen-bond donors (Lipinski definition) is 2. The molecule has 3 N–H and O–H groups in total. The Morgan fingerprint density at radius 2 is 1.90 bits per heavy atom. The lowest BCUT2D eigenvalue weighted by molar-refractivity contribution is -0.0303. The van der Waals surface area contributed by atoms with Crippen molar-refractivity contribution in [3.63, 3.8) is 0 Å². The number of anilines is 1. The van der Waals surface area contributed by atoms with Crippen LogP contribution in [0, 0.1) is 5.82 Å². The van der Waals surface area contributed by atoms with Crippen LogP contribution in [0.15, 0.2) is 59.8 Å². The van der Waals surface area contributed by atoms with E-state index in [0.717, 1.165) is 24.5 Å². The number of benzene rings is 1. The van der Waals surface area contributed by atoms with E-state index >= 15 is 0 Å². The summed E-state index contributed by atoms with van der Waals surface area (Å²) in [5.74, 6) is -4.42. The van der Waals surface area contributed by atoms with Gasteiger partial charge in [0.2, 0.25) is 5.95 Å². The molecule has 0 spiro atoms. The predicted molar refractivity (Wildman–Crippen MR) is 141 cm³/mol. The van der Waals surface area contributed by atoms with Gasteiger partial charge in [-0.25, -0.2) is 36.5 Å². The molecule has 3 aromatic heterocycles. The van der Waals surface area contributed by atoms with Gasteiger partial charge >= 0.3 is 0 Å². The Morgan fingerprint density at radius 1 is 1.12 bits per heavy atom. The zero-order chi connectivity index (χ0) is 28.7. The van der Waals surface area contributed by atoms with E-state index in [-0.39, 0.29) is 29.4 Å². The van der Waals surface area contributed by atoms with Crippen LogP contribution in [0.2, 0.25) is 0 Å². The first kappa shape index (κ1) is 27.4. The van der Waals surface area contributed by atoms with Gasteiger partial charge in [-0.1, -0.05) is 0 Å². The maximum Gasteiger partial charge on any atom is 0.280 e. The molecule has 1 aliphatic heterocycles. The van der Waals surface area contributed by atoms with Crippen LogP contribution in [-0.2, 0) is 16.4 Å². The van der Waals surface area contributed by atoms with Gasteiger partial charge < -0.3 is 16.0 Å². The molecule has 4 heterocycles. The second-order valence-electron chi connectivity index (χ2n) is 9.51. The van der Waals surface area contributed by atoms with Crippen LogP contribution in [0.4, 0.5) is 19.1 Å². The van der Waals surface area contributed by atoms with E-state index in [0.29, 0.717) is 34.5 Å². The summed E-state index contributed by atoms with van der Waals surface area (Å²) in [5, 5.41) is 3.31. The molecule has 1 aromatic carbocycles. The number of rotatable bonds is 6. The highest BCUT2D eigenvalue weighted by atomic mass is 32.2. The lowest BCUT2D eigenvalue weighted by Gasteiger charge is -2.36. The minimum absolute atomic E-state index is 0.0334. The third-order valence-electron chi connectivity index (χ3n) is 6.46. The summed E-state index contributed by atoms with van der Waals surface area (Å²) >= 11 is 0. The fourth-order valence-electron chi connectivity index (χ4n) is 4.25. The molecule has 14 heteroatoms. The lowest BCUT2D eigenvalue weighted by atomic mass is 10.0. The number of nitrogens with two attached hydrogens (primary N) is 1. The maximum absolute atomic E-state index is 14.2. The average molecular weight is 572 g/mol. The van der Waals surface area contributed by atoms with E-state index in [2.05, 4.69) is 25.3 Å². The normalized spacial score (nSPS) is 17.1. The fourth-order valence-corrected chi connectivity index (χ4v) is 4.92. The van der Waals surface area contributed by atoms with Gasteiger partial charge in [0.25, 0.3) is 11.8 Å². The average Bonchev–Trinajstić information content (AvgIpc) is 2.92. The third kappa shape index (κ3) is 5.87. The van der Waals surface area contributed by atoms with Crippen LogP contribution in [0.25, 0.3) is 22.3 Å². The minimum Gasteiger partial charge on any atom is -0.346 e. The maximum atomic E-state index is 14.2. The number of aromatic nitrogens is 4. The molecule has 1 aliphatic rings. The van der Waals surface area contributed by atoms with Gasteiger partial charge in [-0.2, -0.15) is 0 Å². The highest BCUT2D eigenvalue weighted by molar-refractivity contribution is 7.90. The van der Waals surface area contributed by atoms with Gasteiger partial charge in [0.1, 0.15) is 5.82 Å². The summed E-state index contributed by atoms with van der Waals surface area (Å²) < 4.78 is 65.7. The van der Waals surface area contributed by atoms with Crippen LogP contribution >= 0.6 is 0 Å². The van der Waals surface area contributed by atoms with Crippen molar-refractivity contribution < 1.29 is 26.4 Å². The minimum atomic E-state index is -3.71. The summed E-state index contributed by atoms with van der Waals surface area (Å²) in [7, 11) is -3.71. The molecular formula is C26H24F3N7O3S. The number of piperidine rings is 1. The van der Waals surface area contributed by atoms with Crippen molar-refractivity contribution in [1.82, 2.24) is 25.3 Å². The number of sulfone groups is 1. The first-order valence-corrected chi connectivity index (χ1v) is 14.0. The van der Waals surface area contributed by atoms with Crippen molar-refractivity contribution in [3.8, 4) is 11.4 Å². The van der Waals surface area contributed by atoms with Gasteiger partial charge in [0.15, 0.2) is 9.84 Å². The Kier molecular flexibility index (Phi) is 7.14. The van der Waals surface area contributed by atoms with Crippen molar-refractivity contribution in [2.24, 2.45) is 5.73 Å². The van der Waals surface area contributed by atoms with E-state index in [4.69, 9.17) is 5.73 Å². The van der Waals surface area contributed by atoms with Gasteiger partial charge in [-0.05, 0) is 48.9 Å². The Morgan fingerprint density at radius 3 is 2.65 bits per heavy atom. The number of amides is 1. The summed E-state index contributed by atoms with van der Waals surface area (Å²) in [5.41, 5.74) is 7.29. The number of hydrogen-bond acceptors (Lipinski definition) is 9. The highest BCUT2D eigenvalue weighted by Gasteiger charge is 2.43. The van der Waals surface area contributed by atoms with Gasteiger partial charge in [-0.3, -0.25) is 9.78 Å². The molecule has 0 saturated carbocycles. The standard InChI is InChI=1S/C26H24F3N7O3S/c1-40(38,39)19-9-16(8-17(27)10-19)24(37)33-13-18-11-22-15(12-32-18)2-3-20(34-22)21-4-6-31-25(35-21)36-7-5-23(30)26(28,29)14-36/h2-4,6,8-12,23H,5,7,13-14,30H2,1H3,(H,33,37)/t23-/m0/s1. The number of carbonyl (C=O) groups excluding carboxylic acids is 1. The lowest BCUT2D eigenvalue weighted by Crippen LogP contribution is -2.55. The molecule has 10 nitrogen and oxygen atoms in total. The topological polar surface area (TPSA) is 144 Å². The molecule has 5 rings (SSSR count). The molecule has 1 amide bonds. The molecule has 0 aliphatic carbocycles. The molecule has 0 bridgehead atoms. The first-order valence-electron chi connectivity index (χ1n) is 12.2. The van der Waals surface area contributed by atoms with Crippen LogP contribution < -0.4 is 16.0 Å².